The van der Waals surface area contributed by atoms with E-state index in [9.17, 15) is 0 Å². The molecule has 94 valence electrons. The number of nitrogens with zero attached hydrogens (tertiary/aromatic N) is 1. The molecule has 0 aromatic carbocycles. The first kappa shape index (κ1) is 12.8. The summed E-state index contributed by atoms with van der Waals surface area (Å²) >= 11 is 5.16. The van der Waals surface area contributed by atoms with Crippen LogP contribution < -0.4 is 0 Å². The fraction of sp³-hybridized carbons (Fsp3) is 0.643. The van der Waals surface area contributed by atoms with Crippen LogP contribution in [0.5, 0.6) is 0 Å². The highest BCUT2D eigenvalue weighted by atomic mass is 32.1. The van der Waals surface area contributed by atoms with Crippen LogP contribution in [0, 0.1) is 17.5 Å². The van der Waals surface area contributed by atoms with Gasteiger partial charge < -0.3 is 4.98 Å². The average Bonchev–Trinajstić information content (AvgIpc) is 2.65. The minimum Gasteiger partial charge on any atom is -0.353 e. The van der Waals surface area contributed by atoms with Crippen molar-refractivity contribution in [2.45, 2.75) is 39.7 Å². The number of hydrogen-bond donors (Lipinski definition) is 1. The maximum absolute atomic E-state index is 5.16. The maximum atomic E-state index is 5.16. The van der Waals surface area contributed by atoms with Crippen molar-refractivity contribution < 1.29 is 0 Å². The van der Waals surface area contributed by atoms with E-state index >= 15 is 0 Å². The van der Waals surface area contributed by atoms with Crippen LogP contribution in [0.25, 0.3) is 0 Å². The molecule has 1 unspecified atom stereocenters. The first-order chi connectivity index (χ1) is 8.08. The summed E-state index contributed by atoms with van der Waals surface area (Å²) in [5.41, 5.74) is 2.76. The smallest absolute Gasteiger partial charge is 0.103 e. The summed E-state index contributed by atoms with van der Waals surface area (Å²) in [5, 5.41) is 0. The lowest BCUT2D eigenvalue weighted by atomic mass is 10.0. The standard InChI is InChI=1S/C14H22N2S/c1-10(2)9-16-6-4-5-13(16)12-8-15-14(17)7-11(12)3/h7-8,10,13H,4-6,9H2,1-3H3,(H,15,17). The summed E-state index contributed by atoms with van der Waals surface area (Å²) in [7, 11) is 0. The molecule has 0 saturated carbocycles. The molecular formula is C14H22N2S. The number of H-pyrrole nitrogens is 1. The second-order valence-corrected chi connectivity index (χ2v) is 5.92. The Morgan fingerprint density at radius 1 is 1.53 bits per heavy atom. The van der Waals surface area contributed by atoms with Crippen LogP contribution >= 0.6 is 12.2 Å². The van der Waals surface area contributed by atoms with Gasteiger partial charge in [0.05, 0.1) is 0 Å². The molecule has 1 saturated heterocycles. The van der Waals surface area contributed by atoms with Crippen LogP contribution in [0.1, 0.15) is 43.9 Å². The molecule has 17 heavy (non-hydrogen) atoms. The van der Waals surface area contributed by atoms with Gasteiger partial charge in [-0.3, -0.25) is 4.90 Å². The van der Waals surface area contributed by atoms with Crippen molar-refractivity contribution in [2.24, 2.45) is 5.92 Å². The summed E-state index contributed by atoms with van der Waals surface area (Å²) in [6.07, 6.45) is 4.70. The predicted molar refractivity (Wildman–Crippen MR) is 74.7 cm³/mol. The monoisotopic (exact) mass is 250 g/mol. The molecule has 0 aliphatic carbocycles. The van der Waals surface area contributed by atoms with E-state index < -0.39 is 0 Å². The summed E-state index contributed by atoms with van der Waals surface area (Å²) in [4.78, 5) is 5.79. The van der Waals surface area contributed by atoms with Crippen molar-refractivity contribution in [3.05, 3.63) is 28.0 Å². The minimum absolute atomic E-state index is 0.587. The minimum atomic E-state index is 0.587. The van der Waals surface area contributed by atoms with E-state index in [0.717, 1.165) is 10.6 Å². The largest absolute Gasteiger partial charge is 0.353 e. The molecule has 0 radical (unpaired) electrons. The summed E-state index contributed by atoms with van der Waals surface area (Å²) in [6, 6.07) is 2.67. The molecule has 1 aromatic heterocycles. The lowest BCUT2D eigenvalue weighted by Gasteiger charge is -2.27. The molecule has 2 nitrogen and oxygen atoms in total. The van der Waals surface area contributed by atoms with Gasteiger partial charge in [-0.2, -0.15) is 0 Å². The Bertz CT molecular complexity index is 436. The molecule has 1 aromatic rings. The number of likely N-dealkylation sites (tertiary alicyclic amines) is 1. The number of hydrogen-bond acceptors (Lipinski definition) is 2. The molecule has 1 atom stereocenters. The van der Waals surface area contributed by atoms with Gasteiger partial charge in [0.1, 0.15) is 4.64 Å². The second-order valence-electron chi connectivity index (χ2n) is 5.48. The van der Waals surface area contributed by atoms with Gasteiger partial charge in [-0.15, -0.1) is 0 Å². The van der Waals surface area contributed by atoms with E-state index in [0.29, 0.717) is 6.04 Å². The Morgan fingerprint density at radius 2 is 2.29 bits per heavy atom. The van der Waals surface area contributed by atoms with Crippen LogP contribution in [0.4, 0.5) is 0 Å². The Labute approximate surface area is 109 Å². The third-order valence-corrected chi connectivity index (χ3v) is 3.73. The molecule has 0 bridgehead atoms. The zero-order valence-electron chi connectivity index (χ0n) is 11.0. The van der Waals surface area contributed by atoms with E-state index in [1.54, 1.807) is 0 Å². The number of aryl methyl sites for hydroxylation is 1. The predicted octanol–water partition coefficient (Wildman–Crippen LogP) is 3.85. The molecule has 0 spiro atoms. The Balaban J connectivity index is 2.23. The van der Waals surface area contributed by atoms with E-state index in [4.69, 9.17) is 12.2 Å². The van der Waals surface area contributed by atoms with E-state index in [2.05, 4.69) is 42.9 Å². The number of nitrogens with one attached hydrogen (secondary N) is 1. The highest BCUT2D eigenvalue weighted by Gasteiger charge is 2.27. The van der Waals surface area contributed by atoms with E-state index in [1.165, 1.54) is 37.1 Å². The number of aromatic nitrogens is 1. The number of aromatic amines is 1. The molecular weight excluding hydrogens is 228 g/mol. The van der Waals surface area contributed by atoms with Crippen LogP contribution in [-0.4, -0.2) is 23.0 Å². The molecule has 2 rings (SSSR count). The number of pyridine rings is 1. The summed E-state index contributed by atoms with van der Waals surface area (Å²) in [5.74, 6) is 0.734. The Hall–Kier alpha value is -0.670. The van der Waals surface area contributed by atoms with Crippen molar-refractivity contribution in [2.75, 3.05) is 13.1 Å². The second kappa shape index (κ2) is 5.32. The van der Waals surface area contributed by atoms with Crippen LogP contribution in [-0.2, 0) is 0 Å². The highest BCUT2D eigenvalue weighted by Crippen LogP contribution is 2.33. The Kier molecular flexibility index (Phi) is 4.00. The van der Waals surface area contributed by atoms with Crippen LogP contribution in [0.2, 0.25) is 0 Å². The van der Waals surface area contributed by atoms with Gasteiger partial charge in [-0.25, -0.2) is 0 Å². The SMILES string of the molecule is Cc1cc(=S)[nH]cc1C1CCCN1CC(C)C. The van der Waals surface area contributed by atoms with Crippen molar-refractivity contribution >= 4 is 12.2 Å². The van der Waals surface area contributed by atoms with Crippen molar-refractivity contribution in [1.82, 2.24) is 9.88 Å². The topological polar surface area (TPSA) is 19.0 Å². The van der Waals surface area contributed by atoms with Gasteiger partial charge in [0, 0.05) is 18.8 Å². The van der Waals surface area contributed by atoms with E-state index in [-0.39, 0.29) is 0 Å². The molecule has 1 aliphatic heterocycles. The lowest BCUT2D eigenvalue weighted by molar-refractivity contribution is 0.228. The number of rotatable bonds is 3. The molecule has 0 amide bonds. The van der Waals surface area contributed by atoms with Gasteiger partial charge in [-0.05, 0) is 49.4 Å². The van der Waals surface area contributed by atoms with Gasteiger partial charge >= 0.3 is 0 Å². The molecule has 1 aliphatic rings. The third kappa shape index (κ3) is 2.96. The van der Waals surface area contributed by atoms with Crippen LogP contribution in [0.15, 0.2) is 12.3 Å². The average molecular weight is 250 g/mol. The van der Waals surface area contributed by atoms with E-state index in [1.807, 2.05) is 0 Å². The molecule has 1 N–H and O–H groups in total. The van der Waals surface area contributed by atoms with Gasteiger partial charge in [-0.1, -0.05) is 26.1 Å². The van der Waals surface area contributed by atoms with Gasteiger partial charge in [0.25, 0.3) is 0 Å². The molecule has 1 fully saturated rings. The lowest BCUT2D eigenvalue weighted by Crippen LogP contribution is -2.27. The van der Waals surface area contributed by atoms with Crippen molar-refractivity contribution in [3.8, 4) is 0 Å². The molecule has 3 heteroatoms. The third-order valence-electron chi connectivity index (χ3n) is 3.50. The fourth-order valence-corrected chi connectivity index (χ4v) is 3.04. The zero-order chi connectivity index (χ0) is 12.4. The summed E-state index contributed by atoms with van der Waals surface area (Å²) in [6.45, 7) is 9.18. The van der Waals surface area contributed by atoms with Gasteiger partial charge in [0.2, 0.25) is 0 Å². The summed E-state index contributed by atoms with van der Waals surface area (Å²) < 4.78 is 0.833. The maximum Gasteiger partial charge on any atom is 0.103 e. The van der Waals surface area contributed by atoms with Crippen molar-refractivity contribution in [3.63, 3.8) is 0 Å². The fourth-order valence-electron chi connectivity index (χ4n) is 2.81. The highest BCUT2D eigenvalue weighted by molar-refractivity contribution is 7.71. The quantitative estimate of drug-likeness (QED) is 0.822. The van der Waals surface area contributed by atoms with Crippen LogP contribution in [0.3, 0.4) is 0 Å². The normalized spacial score (nSPS) is 21.3. The van der Waals surface area contributed by atoms with Gasteiger partial charge in [0.15, 0.2) is 0 Å². The first-order valence-electron chi connectivity index (χ1n) is 6.51. The Morgan fingerprint density at radius 3 is 2.94 bits per heavy atom. The van der Waals surface area contributed by atoms with Crippen molar-refractivity contribution in [1.29, 1.82) is 0 Å². The zero-order valence-corrected chi connectivity index (χ0v) is 11.8. The molecule has 2 heterocycles. The first-order valence-corrected chi connectivity index (χ1v) is 6.92.